The summed E-state index contributed by atoms with van der Waals surface area (Å²) in [5.41, 5.74) is 1.41. The van der Waals surface area contributed by atoms with Gasteiger partial charge in [0.15, 0.2) is 5.79 Å². The van der Waals surface area contributed by atoms with Gasteiger partial charge in [0.25, 0.3) is 0 Å². The van der Waals surface area contributed by atoms with Crippen molar-refractivity contribution in [1.82, 2.24) is 0 Å². The molecule has 1 heterocycles. The summed E-state index contributed by atoms with van der Waals surface area (Å²) in [4.78, 5) is 24.1. The third kappa shape index (κ3) is 6.75. The van der Waals surface area contributed by atoms with Gasteiger partial charge in [-0.25, -0.2) is 9.59 Å². The number of carbonyl (C=O) groups excluding carboxylic acids is 2. The van der Waals surface area contributed by atoms with E-state index in [9.17, 15) is 9.59 Å². The van der Waals surface area contributed by atoms with Crippen molar-refractivity contribution in [1.29, 1.82) is 0 Å². The Morgan fingerprint density at radius 3 is 2.31 bits per heavy atom. The van der Waals surface area contributed by atoms with Crippen LogP contribution in [0.1, 0.15) is 29.8 Å². The minimum Gasteiger partial charge on any atom is -0.466 e. The van der Waals surface area contributed by atoms with Gasteiger partial charge < -0.3 is 23.7 Å². The lowest BCUT2D eigenvalue weighted by molar-refractivity contribution is -0.333. The average Bonchev–Trinajstić information content (AvgIpc) is 2.80. The summed E-state index contributed by atoms with van der Waals surface area (Å²) in [7, 11) is 1.30. The summed E-state index contributed by atoms with van der Waals surface area (Å²) in [5, 5.41) is 0. The van der Waals surface area contributed by atoms with Crippen LogP contribution in [0, 0.1) is 0 Å². The summed E-state index contributed by atoms with van der Waals surface area (Å²) in [6, 6.07) is 18.4. The fourth-order valence-corrected chi connectivity index (χ4v) is 3.37. The number of hydrogen-bond acceptors (Lipinski definition) is 7. The lowest BCUT2D eigenvalue weighted by Crippen LogP contribution is -2.56. The second-order valence-corrected chi connectivity index (χ2v) is 7.75. The van der Waals surface area contributed by atoms with Crippen LogP contribution < -0.4 is 0 Å². The maximum Gasteiger partial charge on any atom is 0.338 e. The number of ether oxygens (including phenoxy) is 5. The molecule has 0 radical (unpaired) electrons. The molecule has 0 bridgehead atoms. The first-order valence-electron chi connectivity index (χ1n) is 10.4. The van der Waals surface area contributed by atoms with Crippen LogP contribution in [0.5, 0.6) is 0 Å². The topological polar surface area (TPSA) is 80.3 Å². The number of hydrogen-bond donors (Lipinski definition) is 0. The summed E-state index contributed by atoms with van der Waals surface area (Å²) in [5.74, 6) is -1.95. The van der Waals surface area contributed by atoms with Gasteiger partial charge >= 0.3 is 11.9 Å². The van der Waals surface area contributed by atoms with E-state index in [0.717, 1.165) is 5.56 Å². The summed E-state index contributed by atoms with van der Waals surface area (Å²) < 4.78 is 28.4. The molecule has 32 heavy (non-hydrogen) atoms. The van der Waals surface area contributed by atoms with Gasteiger partial charge in [0.2, 0.25) is 0 Å². The second-order valence-electron chi connectivity index (χ2n) is 7.75. The lowest BCUT2D eigenvalue weighted by Gasteiger charge is -2.44. The predicted octanol–water partition coefficient (Wildman–Crippen LogP) is 3.68. The first kappa shape index (κ1) is 23.7. The highest BCUT2D eigenvalue weighted by molar-refractivity contribution is 5.89. The molecule has 7 heteroatoms. The molecule has 1 aliphatic rings. The first-order valence-corrected chi connectivity index (χ1v) is 10.4. The van der Waals surface area contributed by atoms with Gasteiger partial charge in [-0.1, -0.05) is 48.5 Å². The van der Waals surface area contributed by atoms with E-state index in [-0.39, 0.29) is 6.61 Å². The van der Waals surface area contributed by atoms with Crippen molar-refractivity contribution in [2.45, 2.75) is 44.6 Å². The fourth-order valence-electron chi connectivity index (χ4n) is 3.37. The van der Waals surface area contributed by atoms with E-state index in [0.29, 0.717) is 12.2 Å². The van der Waals surface area contributed by atoms with Crippen LogP contribution in [0.3, 0.4) is 0 Å². The van der Waals surface area contributed by atoms with Crippen LogP contribution in [0.25, 0.3) is 0 Å². The minimum absolute atomic E-state index is 0.0391. The molecule has 3 atom stereocenters. The van der Waals surface area contributed by atoms with E-state index in [1.807, 2.05) is 36.4 Å². The van der Waals surface area contributed by atoms with E-state index >= 15 is 0 Å². The van der Waals surface area contributed by atoms with E-state index in [1.165, 1.54) is 13.2 Å². The van der Waals surface area contributed by atoms with Gasteiger partial charge in [0.1, 0.15) is 24.9 Å². The third-order valence-corrected chi connectivity index (χ3v) is 4.84. The lowest BCUT2D eigenvalue weighted by atomic mass is 10.0. The van der Waals surface area contributed by atoms with E-state index in [2.05, 4.69) is 4.74 Å². The Morgan fingerprint density at radius 2 is 1.66 bits per heavy atom. The minimum atomic E-state index is -0.985. The molecule has 1 aliphatic heterocycles. The standard InChI is InChI=1S/C25H28O7/c1-25(2)31-20(14-15-22(26)28-3)23(29-16-18-10-6-4-7-11-18)21(32-25)17-30-24(27)19-12-8-5-9-13-19/h4-15,20-21,23H,16-17H2,1-3H3/b15-14-/t20-,21-,23+/m1/s1. The van der Waals surface area contributed by atoms with Gasteiger partial charge in [-0.2, -0.15) is 0 Å². The molecule has 2 aromatic carbocycles. The van der Waals surface area contributed by atoms with Crippen molar-refractivity contribution >= 4 is 11.9 Å². The quantitative estimate of drug-likeness (QED) is 0.458. The van der Waals surface area contributed by atoms with E-state index in [1.54, 1.807) is 44.2 Å². The normalized spacial score (nSPS) is 22.4. The van der Waals surface area contributed by atoms with Gasteiger partial charge in [0, 0.05) is 6.08 Å². The molecule has 0 unspecified atom stereocenters. The van der Waals surface area contributed by atoms with Crippen LogP contribution in [-0.4, -0.2) is 49.8 Å². The zero-order valence-corrected chi connectivity index (χ0v) is 18.4. The van der Waals surface area contributed by atoms with Gasteiger partial charge in [-0.3, -0.25) is 0 Å². The zero-order chi connectivity index (χ0) is 23.0. The third-order valence-electron chi connectivity index (χ3n) is 4.84. The highest BCUT2D eigenvalue weighted by Crippen LogP contribution is 2.31. The Hall–Kier alpha value is -3.00. The molecular weight excluding hydrogens is 412 g/mol. The largest absolute Gasteiger partial charge is 0.466 e. The molecule has 0 spiro atoms. The second kappa shape index (κ2) is 11.0. The van der Waals surface area contributed by atoms with Gasteiger partial charge in [-0.15, -0.1) is 0 Å². The number of rotatable bonds is 8. The van der Waals surface area contributed by atoms with Gasteiger partial charge in [0.05, 0.1) is 19.3 Å². The highest BCUT2D eigenvalue weighted by Gasteiger charge is 2.43. The number of benzene rings is 2. The Bertz CT molecular complexity index is 908. The number of esters is 2. The van der Waals surface area contributed by atoms with Crippen molar-refractivity contribution in [3.63, 3.8) is 0 Å². The van der Waals surface area contributed by atoms with Gasteiger partial charge in [-0.05, 0) is 37.6 Å². The van der Waals surface area contributed by atoms with Crippen LogP contribution in [0.2, 0.25) is 0 Å². The summed E-state index contributed by atoms with van der Waals surface area (Å²) >= 11 is 0. The summed E-state index contributed by atoms with van der Waals surface area (Å²) in [6.45, 7) is 3.77. The first-order chi connectivity index (χ1) is 15.4. The van der Waals surface area contributed by atoms with Crippen LogP contribution >= 0.6 is 0 Å². The molecule has 0 aliphatic carbocycles. The Kier molecular flexibility index (Phi) is 8.16. The summed E-state index contributed by atoms with van der Waals surface area (Å²) in [6.07, 6.45) is 0.993. The maximum absolute atomic E-state index is 12.4. The monoisotopic (exact) mass is 440 g/mol. The average molecular weight is 440 g/mol. The smallest absolute Gasteiger partial charge is 0.338 e. The fraction of sp³-hybridized carbons (Fsp3) is 0.360. The zero-order valence-electron chi connectivity index (χ0n) is 18.4. The van der Waals surface area contributed by atoms with E-state index in [4.69, 9.17) is 18.9 Å². The predicted molar refractivity (Wildman–Crippen MR) is 117 cm³/mol. The van der Waals surface area contributed by atoms with Crippen molar-refractivity contribution in [2.75, 3.05) is 13.7 Å². The van der Waals surface area contributed by atoms with Crippen molar-refractivity contribution in [3.05, 3.63) is 83.9 Å². The van der Waals surface area contributed by atoms with Crippen LogP contribution in [-0.2, 0) is 35.1 Å². The van der Waals surface area contributed by atoms with Crippen molar-refractivity contribution in [2.24, 2.45) is 0 Å². The maximum atomic E-state index is 12.4. The number of carbonyl (C=O) groups is 2. The van der Waals surface area contributed by atoms with Crippen molar-refractivity contribution in [3.8, 4) is 0 Å². The van der Waals surface area contributed by atoms with E-state index < -0.39 is 36.0 Å². The highest BCUT2D eigenvalue weighted by atomic mass is 16.7. The molecule has 0 N–H and O–H groups in total. The molecule has 0 saturated carbocycles. The molecule has 3 rings (SSSR count). The Morgan fingerprint density at radius 1 is 1.00 bits per heavy atom. The molecule has 170 valence electrons. The molecule has 7 nitrogen and oxygen atoms in total. The van der Waals surface area contributed by atoms with Crippen LogP contribution in [0.15, 0.2) is 72.8 Å². The molecule has 0 aromatic heterocycles. The number of methoxy groups -OCH3 is 1. The van der Waals surface area contributed by atoms with Crippen LogP contribution in [0.4, 0.5) is 0 Å². The van der Waals surface area contributed by atoms with Crippen molar-refractivity contribution < 1.29 is 33.3 Å². The molecular formula is C25H28O7. The Balaban J connectivity index is 1.77. The SMILES string of the molecule is COC(=O)/C=C\[C@H]1OC(C)(C)O[C@H](COC(=O)c2ccccc2)[C@H]1OCc1ccccc1. The molecule has 2 aromatic rings. The molecule has 0 amide bonds. The Labute approximate surface area is 187 Å². The molecule has 1 fully saturated rings. The molecule has 1 saturated heterocycles.